The molecular weight excluding hydrogens is 168 g/mol. The van der Waals surface area contributed by atoms with E-state index >= 15 is 0 Å². The molecule has 1 fully saturated rings. The second-order valence-corrected chi connectivity index (χ2v) is 3.31. The number of rotatable bonds is 2. The van der Waals surface area contributed by atoms with E-state index in [1.54, 1.807) is 0 Å². The highest BCUT2D eigenvalue weighted by Crippen LogP contribution is 2.25. The van der Waals surface area contributed by atoms with E-state index in [0.29, 0.717) is 5.75 Å². The Hall–Kier alpha value is -0.260. The van der Waals surface area contributed by atoms with E-state index in [0.717, 1.165) is 0 Å². The molecule has 1 heterocycles. The fraction of sp³-hybridized carbons (Fsp3) is 0.833. The van der Waals surface area contributed by atoms with Crippen molar-refractivity contribution in [3.8, 4) is 0 Å². The molecule has 1 saturated heterocycles. The van der Waals surface area contributed by atoms with Gasteiger partial charge in [0, 0.05) is 6.92 Å². The molecule has 0 aromatic heterocycles. The maximum Gasteiger partial charge on any atom is 0.304 e. The molecule has 1 rings (SSSR count). The lowest BCUT2D eigenvalue weighted by molar-refractivity contribution is -0.171. The Labute approximate surface area is 68.9 Å². The van der Waals surface area contributed by atoms with E-state index in [9.17, 15) is 4.79 Å². The van der Waals surface area contributed by atoms with Crippen LogP contribution in [0.2, 0.25) is 0 Å². The summed E-state index contributed by atoms with van der Waals surface area (Å²) in [6, 6.07) is 0. The zero-order chi connectivity index (χ0) is 8.27. The summed E-state index contributed by atoms with van der Waals surface area (Å²) in [6.45, 7) is 1.29. The summed E-state index contributed by atoms with van der Waals surface area (Å²) in [5.41, 5.74) is -0.237. The van der Waals surface area contributed by atoms with Crippen LogP contribution in [0, 0.1) is 0 Å². The third-order valence-corrected chi connectivity index (χ3v) is 2.26. The van der Waals surface area contributed by atoms with E-state index in [2.05, 4.69) is 0 Å². The minimum atomic E-state index is -0.477. The number of aliphatic hydroxyl groups is 1. The molecule has 0 aromatic carbocycles. The first-order chi connectivity index (χ1) is 5.22. The lowest BCUT2D eigenvalue weighted by Crippen LogP contribution is -2.20. The number of ether oxygens (including phenoxy) is 2. The van der Waals surface area contributed by atoms with Crippen molar-refractivity contribution in [2.24, 2.45) is 0 Å². The van der Waals surface area contributed by atoms with Gasteiger partial charge < -0.3 is 14.6 Å². The molecule has 64 valence electrons. The number of carbonyl (C=O) groups is 1. The van der Waals surface area contributed by atoms with Gasteiger partial charge in [0.1, 0.15) is 5.44 Å². The van der Waals surface area contributed by atoms with Gasteiger partial charge in [-0.05, 0) is 0 Å². The number of hydrogen-bond donors (Lipinski definition) is 1. The van der Waals surface area contributed by atoms with Crippen molar-refractivity contribution in [3.63, 3.8) is 0 Å². The van der Waals surface area contributed by atoms with Crippen molar-refractivity contribution < 1.29 is 19.4 Å². The summed E-state index contributed by atoms with van der Waals surface area (Å²) < 4.78 is 9.84. The Morgan fingerprint density at radius 1 is 1.91 bits per heavy atom. The average Bonchev–Trinajstić information content (AvgIpc) is 2.34. The molecule has 11 heavy (non-hydrogen) atoms. The normalized spacial score (nSPS) is 30.4. The van der Waals surface area contributed by atoms with Crippen molar-refractivity contribution in [2.45, 2.75) is 18.6 Å². The lowest BCUT2D eigenvalue weighted by Gasteiger charge is -2.09. The average molecular weight is 178 g/mol. The van der Waals surface area contributed by atoms with E-state index in [-0.39, 0.29) is 18.0 Å². The standard InChI is InChI=1S/C6H10O4S/c1-4(8)9-5-3-11-6(2-7)10-5/h5-7H,2-3H2,1H3/t5-,6-/m1/s1. The smallest absolute Gasteiger partial charge is 0.304 e. The molecule has 0 unspecified atom stereocenters. The zero-order valence-corrected chi connectivity index (χ0v) is 6.97. The van der Waals surface area contributed by atoms with Gasteiger partial charge in [0.05, 0.1) is 12.4 Å². The van der Waals surface area contributed by atoms with Crippen LogP contribution in [0.1, 0.15) is 6.92 Å². The van der Waals surface area contributed by atoms with Crippen molar-refractivity contribution in [1.82, 2.24) is 0 Å². The van der Waals surface area contributed by atoms with Crippen LogP contribution >= 0.6 is 11.8 Å². The van der Waals surface area contributed by atoms with Crippen LogP contribution in [0.15, 0.2) is 0 Å². The summed E-state index contributed by atoms with van der Waals surface area (Å²) in [4.78, 5) is 10.4. The van der Waals surface area contributed by atoms with Crippen LogP contribution < -0.4 is 0 Å². The second kappa shape index (κ2) is 3.94. The van der Waals surface area contributed by atoms with Crippen LogP contribution in [0.25, 0.3) is 0 Å². The number of thioether (sulfide) groups is 1. The van der Waals surface area contributed by atoms with Crippen LogP contribution in [0.4, 0.5) is 0 Å². The monoisotopic (exact) mass is 178 g/mol. The lowest BCUT2D eigenvalue weighted by atomic mass is 10.7. The van der Waals surface area contributed by atoms with Crippen molar-refractivity contribution in [2.75, 3.05) is 12.4 Å². The Kier molecular flexibility index (Phi) is 3.16. The minimum absolute atomic E-state index is 0.0393. The number of carbonyl (C=O) groups excluding carboxylic acids is 1. The van der Waals surface area contributed by atoms with Crippen LogP contribution in [0.5, 0.6) is 0 Å². The van der Waals surface area contributed by atoms with E-state index in [1.807, 2.05) is 0 Å². The van der Waals surface area contributed by atoms with Crippen LogP contribution in [-0.4, -0.2) is 35.2 Å². The minimum Gasteiger partial charge on any atom is -0.435 e. The van der Waals surface area contributed by atoms with Gasteiger partial charge in [-0.1, -0.05) is 0 Å². The largest absolute Gasteiger partial charge is 0.435 e. The molecule has 0 amide bonds. The molecule has 0 saturated carbocycles. The zero-order valence-electron chi connectivity index (χ0n) is 6.15. The van der Waals surface area contributed by atoms with Gasteiger partial charge in [-0.2, -0.15) is 0 Å². The molecule has 0 bridgehead atoms. The van der Waals surface area contributed by atoms with E-state index in [4.69, 9.17) is 14.6 Å². The number of hydrogen-bond acceptors (Lipinski definition) is 5. The van der Waals surface area contributed by atoms with Gasteiger partial charge in [-0.3, -0.25) is 4.79 Å². The first kappa shape index (κ1) is 8.83. The molecule has 2 atom stereocenters. The van der Waals surface area contributed by atoms with Crippen LogP contribution in [-0.2, 0) is 14.3 Å². The Morgan fingerprint density at radius 2 is 2.64 bits per heavy atom. The predicted octanol–water partition coefficient (Wildman–Crippen LogP) is -0.0426. The highest BCUT2D eigenvalue weighted by atomic mass is 32.2. The fourth-order valence-electron chi connectivity index (χ4n) is 0.776. The number of esters is 1. The Morgan fingerprint density at radius 3 is 3.09 bits per heavy atom. The molecular formula is C6H10O4S. The third-order valence-electron chi connectivity index (χ3n) is 1.17. The van der Waals surface area contributed by atoms with Gasteiger partial charge in [0.2, 0.25) is 6.29 Å². The highest BCUT2D eigenvalue weighted by molar-refractivity contribution is 8.00. The molecule has 5 heteroatoms. The van der Waals surface area contributed by atoms with Gasteiger partial charge >= 0.3 is 5.97 Å². The topological polar surface area (TPSA) is 55.8 Å². The molecule has 4 nitrogen and oxygen atoms in total. The first-order valence-electron chi connectivity index (χ1n) is 3.27. The summed E-state index contributed by atoms with van der Waals surface area (Å²) in [7, 11) is 0. The maximum absolute atomic E-state index is 10.4. The highest BCUT2D eigenvalue weighted by Gasteiger charge is 2.26. The second-order valence-electron chi connectivity index (χ2n) is 2.12. The fourth-order valence-corrected chi connectivity index (χ4v) is 1.60. The molecule has 1 N–H and O–H groups in total. The van der Waals surface area contributed by atoms with E-state index < -0.39 is 6.29 Å². The predicted molar refractivity (Wildman–Crippen MR) is 40.0 cm³/mol. The van der Waals surface area contributed by atoms with E-state index in [1.165, 1.54) is 18.7 Å². The molecule has 0 radical (unpaired) electrons. The van der Waals surface area contributed by atoms with Crippen molar-refractivity contribution in [1.29, 1.82) is 0 Å². The Balaban J connectivity index is 2.24. The maximum atomic E-state index is 10.4. The third kappa shape index (κ3) is 2.69. The van der Waals surface area contributed by atoms with Gasteiger partial charge in [0.25, 0.3) is 0 Å². The van der Waals surface area contributed by atoms with Crippen molar-refractivity contribution in [3.05, 3.63) is 0 Å². The first-order valence-corrected chi connectivity index (χ1v) is 4.32. The van der Waals surface area contributed by atoms with Crippen molar-refractivity contribution >= 4 is 17.7 Å². The molecule has 1 aliphatic heterocycles. The number of aliphatic hydroxyl groups excluding tert-OH is 1. The summed E-state index contributed by atoms with van der Waals surface area (Å²) in [5.74, 6) is 0.249. The molecule has 1 aliphatic rings. The molecule has 0 spiro atoms. The summed E-state index contributed by atoms with van der Waals surface area (Å²) in [6.07, 6.45) is -0.477. The van der Waals surface area contributed by atoms with Gasteiger partial charge in [0.15, 0.2) is 0 Å². The van der Waals surface area contributed by atoms with Crippen LogP contribution in [0.3, 0.4) is 0 Å². The summed E-state index contributed by atoms with van der Waals surface area (Å²) >= 11 is 1.44. The quantitative estimate of drug-likeness (QED) is 0.601. The Bertz CT molecular complexity index is 150. The van der Waals surface area contributed by atoms with Gasteiger partial charge in [-0.25, -0.2) is 0 Å². The molecule has 0 aliphatic carbocycles. The molecule has 0 aromatic rings. The summed E-state index contributed by atoms with van der Waals surface area (Å²) in [5, 5.41) is 8.63. The SMILES string of the molecule is CC(=O)O[C@H]1CS[C@H](CO)O1. The van der Waals surface area contributed by atoms with Gasteiger partial charge in [-0.15, -0.1) is 11.8 Å².